The highest BCUT2D eigenvalue weighted by molar-refractivity contribution is 7.91. The van der Waals surface area contributed by atoms with Gasteiger partial charge in [0.2, 0.25) is 5.88 Å². The van der Waals surface area contributed by atoms with Crippen LogP contribution in [0.5, 0.6) is 11.6 Å². The Balaban J connectivity index is 1.20. The molecule has 5 rings (SSSR count). The number of hydrogen-bond acceptors (Lipinski definition) is 8. The predicted octanol–water partition coefficient (Wildman–Crippen LogP) is 6.21. The van der Waals surface area contributed by atoms with Gasteiger partial charge in [-0.25, -0.2) is 18.2 Å². The average molecular weight is 675 g/mol. The summed E-state index contributed by atoms with van der Waals surface area (Å²) in [6.45, 7) is 7.09. The number of piperazine rings is 1. The highest BCUT2D eigenvalue weighted by Crippen LogP contribution is 2.29. The highest BCUT2D eigenvalue weighted by atomic mass is 35.5. The Bertz CT molecular complexity index is 1850. The zero-order valence-corrected chi connectivity index (χ0v) is 27.5. The molecule has 0 aliphatic carbocycles. The maximum absolute atomic E-state index is 13.4. The molecule has 2 amide bonds. The highest BCUT2D eigenvalue weighted by Gasteiger charge is 2.29. The number of carbonyl (C=O) groups is 2. The monoisotopic (exact) mass is 673 g/mol. The molecule has 1 saturated heterocycles. The number of aromatic nitrogens is 2. The van der Waals surface area contributed by atoms with E-state index in [1.165, 1.54) is 24.4 Å². The van der Waals surface area contributed by atoms with E-state index in [0.717, 1.165) is 10.9 Å². The van der Waals surface area contributed by atoms with Gasteiger partial charge in [-0.05, 0) is 69.3 Å². The number of hydrogen-bond donors (Lipinski definition) is 1. The third-order valence-corrected chi connectivity index (χ3v) is 9.36. The first-order chi connectivity index (χ1) is 21.2. The molecule has 2 aromatic heterocycles. The van der Waals surface area contributed by atoms with Crippen LogP contribution < -0.4 is 10.1 Å². The van der Waals surface area contributed by atoms with E-state index in [2.05, 4.69) is 10.3 Å². The summed E-state index contributed by atoms with van der Waals surface area (Å²) in [7, 11) is -1.83. The number of anilines is 1. The maximum Gasteiger partial charge on any atom is 0.410 e. The van der Waals surface area contributed by atoms with E-state index in [1.807, 2.05) is 50.6 Å². The molecule has 1 aliphatic heterocycles. The van der Waals surface area contributed by atoms with Crippen molar-refractivity contribution in [3.8, 4) is 11.6 Å². The third-order valence-electron chi connectivity index (χ3n) is 7.13. The van der Waals surface area contributed by atoms with Crippen LogP contribution in [0, 0.1) is 0 Å². The summed E-state index contributed by atoms with van der Waals surface area (Å²) >= 11 is 11.9. The fourth-order valence-corrected chi connectivity index (χ4v) is 6.23. The second-order valence-corrected chi connectivity index (χ2v) is 14.4. The molecule has 0 radical (unpaired) electrons. The van der Waals surface area contributed by atoms with Crippen LogP contribution in [0.4, 0.5) is 10.5 Å². The molecule has 0 saturated carbocycles. The van der Waals surface area contributed by atoms with Crippen LogP contribution in [-0.2, 0) is 21.6 Å². The minimum absolute atomic E-state index is 0.0549. The molecule has 1 fully saturated rings. The van der Waals surface area contributed by atoms with Crippen LogP contribution in [0.3, 0.4) is 0 Å². The summed E-state index contributed by atoms with van der Waals surface area (Å²) < 4.78 is 38.6. The lowest BCUT2D eigenvalue weighted by Gasteiger charge is -2.35. The van der Waals surface area contributed by atoms with E-state index in [1.54, 1.807) is 28.0 Å². The fourth-order valence-electron chi connectivity index (χ4n) is 4.77. The zero-order valence-electron chi connectivity index (χ0n) is 25.2. The standard InChI is InChI=1S/C31H33Cl2N5O6S/c1-31(2,3)44-30(40)38-13-11-37(12-14-38)29(39)27-16-20-15-22(6-9-26(20)36(27)4)43-28-10-5-21(18-34-28)35-19-45(41,42)23-7-8-24(32)25(33)17-23/h5-10,15-18,35H,11-14,19H2,1-4H3. The minimum Gasteiger partial charge on any atom is -0.444 e. The number of aryl methyl sites for hydroxylation is 1. The van der Waals surface area contributed by atoms with Gasteiger partial charge in [-0.2, -0.15) is 0 Å². The van der Waals surface area contributed by atoms with Crippen molar-refractivity contribution in [2.75, 3.05) is 37.4 Å². The first-order valence-electron chi connectivity index (χ1n) is 14.1. The number of ether oxygens (including phenoxy) is 2. The lowest BCUT2D eigenvalue weighted by atomic mass is 10.2. The number of pyridine rings is 1. The summed E-state index contributed by atoms with van der Waals surface area (Å²) in [4.78, 5) is 33.5. The van der Waals surface area contributed by atoms with Gasteiger partial charge in [0, 0.05) is 50.2 Å². The molecule has 11 nitrogen and oxygen atoms in total. The Kier molecular flexibility index (Phi) is 9.20. The van der Waals surface area contributed by atoms with Crippen molar-refractivity contribution in [3.63, 3.8) is 0 Å². The van der Waals surface area contributed by atoms with E-state index < -0.39 is 15.4 Å². The molecule has 1 aliphatic rings. The lowest BCUT2D eigenvalue weighted by molar-refractivity contribution is 0.0139. The number of nitrogens with one attached hydrogen (secondary N) is 1. The Labute approximate surface area is 271 Å². The summed E-state index contributed by atoms with van der Waals surface area (Å²) in [5, 5.41) is 4.10. The number of halogens is 2. The van der Waals surface area contributed by atoms with Crippen LogP contribution in [0.25, 0.3) is 10.9 Å². The molecule has 14 heteroatoms. The Morgan fingerprint density at radius 1 is 0.933 bits per heavy atom. The molecule has 4 aromatic rings. The van der Waals surface area contributed by atoms with E-state index in [4.69, 9.17) is 32.7 Å². The molecule has 2 aromatic carbocycles. The molecular weight excluding hydrogens is 641 g/mol. The third kappa shape index (κ3) is 7.63. The second-order valence-electron chi connectivity index (χ2n) is 11.6. The molecular formula is C31H33Cl2N5O6S. The largest absolute Gasteiger partial charge is 0.444 e. The summed E-state index contributed by atoms with van der Waals surface area (Å²) in [6, 6.07) is 14.7. The number of sulfone groups is 1. The molecule has 0 unspecified atom stereocenters. The summed E-state index contributed by atoms with van der Waals surface area (Å²) in [5.41, 5.74) is 1.29. The summed E-state index contributed by atoms with van der Waals surface area (Å²) in [5.74, 6) is 0.347. The van der Waals surface area contributed by atoms with Gasteiger partial charge in [0.15, 0.2) is 9.84 Å². The smallest absolute Gasteiger partial charge is 0.410 e. The first-order valence-corrected chi connectivity index (χ1v) is 16.5. The lowest BCUT2D eigenvalue weighted by Crippen LogP contribution is -2.51. The SMILES string of the molecule is Cn1c(C(=O)N2CCN(C(=O)OC(C)(C)C)CC2)cc2cc(Oc3ccc(NCS(=O)(=O)c4ccc(Cl)c(Cl)c4)cn3)ccc21. The Morgan fingerprint density at radius 3 is 2.29 bits per heavy atom. The zero-order chi connectivity index (χ0) is 32.5. The van der Waals surface area contributed by atoms with Gasteiger partial charge in [0.1, 0.15) is 22.9 Å². The van der Waals surface area contributed by atoms with Crippen LogP contribution in [0.1, 0.15) is 31.3 Å². The Hall–Kier alpha value is -4.00. The molecule has 3 heterocycles. The number of nitrogens with zero attached hydrogens (tertiary/aromatic N) is 4. The second kappa shape index (κ2) is 12.8. The molecule has 238 valence electrons. The van der Waals surface area contributed by atoms with E-state index in [9.17, 15) is 18.0 Å². The quantitative estimate of drug-likeness (QED) is 0.246. The summed E-state index contributed by atoms with van der Waals surface area (Å²) in [6.07, 6.45) is 1.10. The molecule has 0 bridgehead atoms. The van der Waals surface area contributed by atoms with Crippen molar-refractivity contribution in [1.29, 1.82) is 0 Å². The predicted molar refractivity (Wildman–Crippen MR) is 173 cm³/mol. The molecule has 0 spiro atoms. The van der Waals surface area contributed by atoms with Gasteiger partial charge >= 0.3 is 6.09 Å². The topological polar surface area (TPSA) is 123 Å². The number of carbonyl (C=O) groups excluding carboxylic acids is 2. The fraction of sp³-hybridized carbons (Fsp3) is 0.323. The van der Waals surface area contributed by atoms with Crippen molar-refractivity contribution < 1.29 is 27.5 Å². The first kappa shape index (κ1) is 32.4. The van der Waals surface area contributed by atoms with Crippen molar-refractivity contribution in [2.24, 2.45) is 7.05 Å². The van der Waals surface area contributed by atoms with E-state index in [-0.39, 0.29) is 32.8 Å². The van der Waals surface area contributed by atoms with Gasteiger partial charge in [0.05, 0.1) is 26.8 Å². The van der Waals surface area contributed by atoms with Crippen LogP contribution in [0.2, 0.25) is 10.0 Å². The van der Waals surface area contributed by atoms with Gasteiger partial charge in [-0.3, -0.25) is 4.79 Å². The average Bonchev–Trinajstić information content (AvgIpc) is 3.32. The van der Waals surface area contributed by atoms with Gasteiger partial charge in [-0.15, -0.1) is 0 Å². The maximum atomic E-state index is 13.4. The van der Waals surface area contributed by atoms with Crippen molar-refractivity contribution in [3.05, 3.63) is 76.5 Å². The van der Waals surface area contributed by atoms with Gasteiger partial charge in [-0.1, -0.05) is 23.2 Å². The van der Waals surface area contributed by atoms with Crippen molar-refractivity contribution >= 4 is 61.6 Å². The van der Waals surface area contributed by atoms with Gasteiger partial charge in [0.25, 0.3) is 5.91 Å². The van der Waals surface area contributed by atoms with Crippen molar-refractivity contribution in [2.45, 2.75) is 31.3 Å². The number of amides is 2. The van der Waals surface area contributed by atoms with Crippen molar-refractivity contribution in [1.82, 2.24) is 19.4 Å². The minimum atomic E-state index is -3.67. The van der Waals surface area contributed by atoms with Crippen LogP contribution in [0.15, 0.2) is 65.7 Å². The molecule has 45 heavy (non-hydrogen) atoms. The van der Waals surface area contributed by atoms with Crippen LogP contribution in [-0.4, -0.2) is 77.4 Å². The van der Waals surface area contributed by atoms with Crippen LogP contribution >= 0.6 is 23.2 Å². The number of benzene rings is 2. The number of fused-ring (bicyclic) bond motifs is 1. The van der Waals surface area contributed by atoms with E-state index >= 15 is 0 Å². The normalized spacial score (nSPS) is 14.0. The number of rotatable bonds is 7. The van der Waals surface area contributed by atoms with E-state index in [0.29, 0.717) is 49.2 Å². The molecule has 1 N–H and O–H groups in total. The molecule has 0 atom stereocenters. The van der Waals surface area contributed by atoms with Gasteiger partial charge < -0.3 is 29.2 Å². The Morgan fingerprint density at radius 2 is 1.64 bits per heavy atom.